The summed E-state index contributed by atoms with van der Waals surface area (Å²) in [4.78, 5) is 8.27. The van der Waals surface area contributed by atoms with Gasteiger partial charge >= 0.3 is 0 Å². The lowest BCUT2D eigenvalue weighted by Crippen LogP contribution is -1.86. The summed E-state index contributed by atoms with van der Waals surface area (Å²) in [6.07, 6.45) is 5.21. The Bertz CT molecular complexity index is 452. The molecule has 0 aliphatic heterocycles. The normalized spacial score (nSPS) is 10.5. The van der Waals surface area contributed by atoms with Gasteiger partial charge < -0.3 is 0 Å². The highest BCUT2D eigenvalue weighted by atomic mass is 35.5. The Hall–Kier alpha value is -1.42. The number of halogens is 1. The molecule has 0 radical (unpaired) electrons. The maximum Gasteiger partial charge on any atom is 0.182 e. The lowest BCUT2D eigenvalue weighted by atomic mass is 10.2. The van der Waals surface area contributed by atoms with Gasteiger partial charge in [-0.25, -0.2) is 4.98 Å². The van der Waals surface area contributed by atoms with Crippen LogP contribution in [0.5, 0.6) is 0 Å². The van der Waals surface area contributed by atoms with Gasteiger partial charge in [-0.3, -0.25) is 10.1 Å². The van der Waals surface area contributed by atoms with E-state index in [9.17, 15) is 0 Å². The highest BCUT2D eigenvalue weighted by Crippen LogP contribution is 2.23. The van der Waals surface area contributed by atoms with E-state index in [1.54, 1.807) is 18.5 Å². The Kier molecular flexibility index (Phi) is 2.97. The topological polar surface area (TPSA) is 54.5 Å². The van der Waals surface area contributed by atoms with E-state index in [0.717, 1.165) is 24.2 Å². The molecule has 0 aromatic carbocycles. The summed E-state index contributed by atoms with van der Waals surface area (Å²) < 4.78 is 0. The summed E-state index contributed by atoms with van der Waals surface area (Å²) in [6.45, 7) is 2.10. The van der Waals surface area contributed by atoms with E-state index in [1.807, 2.05) is 0 Å². The first-order valence-corrected chi connectivity index (χ1v) is 5.20. The van der Waals surface area contributed by atoms with Gasteiger partial charge in [0.25, 0.3) is 0 Å². The Morgan fingerprint density at radius 1 is 1.47 bits per heavy atom. The number of hydrogen-bond donors (Lipinski definition) is 1. The smallest absolute Gasteiger partial charge is 0.182 e. The molecule has 0 atom stereocenters. The zero-order valence-corrected chi connectivity index (χ0v) is 9.12. The van der Waals surface area contributed by atoms with Gasteiger partial charge in [-0.05, 0) is 12.5 Å². The van der Waals surface area contributed by atoms with Crippen molar-refractivity contribution in [3.05, 3.63) is 29.3 Å². The highest BCUT2D eigenvalue weighted by Gasteiger charge is 2.08. The fraction of sp³-hybridized carbons (Fsp3) is 0.300. The van der Waals surface area contributed by atoms with Crippen LogP contribution in [0.25, 0.3) is 11.4 Å². The quantitative estimate of drug-likeness (QED) is 0.868. The zero-order valence-electron chi connectivity index (χ0n) is 8.37. The van der Waals surface area contributed by atoms with Crippen molar-refractivity contribution in [1.82, 2.24) is 20.2 Å². The van der Waals surface area contributed by atoms with E-state index >= 15 is 0 Å². The molecular formula is C10H11ClN4. The molecule has 1 N–H and O–H groups in total. The number of aryl methyl sites for hydroxylation is 1. The minimum absolute atomic E-state index is 0.569. The third kappa shape index (κ3) is 2.15. The number of hydrogen-bond acceptors (Lipinski definition) is 3. The van der Waals surface area contributed by atoms with Crippen molar-refractivity contribution in [3.63, 3.8) is 0 Å². The number of nitrogens with zero attached hydrogens (tertiary/aromatic N) is 3. The van der Waals surface area contributed by atoms with Crippen molar-refractivity contribution >= 4 is 11.6 Å². The molecule has 2 aromatic rings. The molecule has 0 unspecified atom stereocenters. The Balaban J connectivity index is 2.33. The van der Waals surface area contributed by atoms with Gasteiger partial charge in [0.2, 0.25) is 0 Å². The van der Waals surface area contributed by atoms with E-state index < -0.39 is 0 Å². The number of nitrogens with one attached hydrogen (secondary N) is 1. The minimum Gasteiger partial charge on any atom is -0.263 e. The van der Waals surface area contributed by atoms with Crippen molar-refractivity contribution in [1.29, 1.82) is 0 Å². The average Bonchev–Trinajstić information content (AvgIpc) is 2.68. The summed E-state index contributed by atoms with van der Waals surface area (Å²) in [7, 11) is 0. The number of aromatic nitrogens is 4. The van der Waals surface area contributed by atoms with Crippen LogP contribution in [-0.2, 0) is 6.42 Å². The predicted molar refractivity (Wildman–Crippen MR) is 58.6 cm³/mol. The van der Waals surface area contributed by atoms with Crippen LogP contribution in [0.15, 0.2) is 18.5 Å². The third-order valence-corrected chi connectivity index (χ3v) is 2.33. The molecule has 0 aliphatic carbocycles. The van der Waals surface area contributed by atoms with Crippen LogP contribution in [0.4, 0.5) is 0 Å². The predicted octanol–water partition coefficient (Wildman–Crippen LogP) is 2.47. The van der Waals surface area contributed by atoms with Crippen molar-refractivity contribution in [2.24, 2.45) is 0 Å². The Morgan fingerprint density at radius 2 is 2.33 bits per heavy atom. The van der Waals surface area contributed by atoms with Crippen molar-refractivity contribution in [2.75, 3.05) is 0 Å². The van der Waals surface area contributed by atoms with Gasteiger partial charge in [-0.15, -0.1) is 0 Å². The largest absolute Gasteiger partial charge is 0.263 e. The molecule has 5 heteroatoms. The second kappa shape index (κ2) is 4.40. The summed E-state index contributed by atoms with van der Waals surface area (Å²) in [6, 6.07) is 1.81. The molecule has 0 fully saturated rings. The second-order valence-corrected chi connectivity index (χ2v) is 3.62. The van der Waals surface area contributed by atoms with E-state index in [2.05, 4.69) is 27.1 Å². The first-order valence-electron chi connectivity index (χ1n) is 4.82. The summed E-state index contributed by atoms with van der Waals surface area (Å²) >= 11 is 5.99. The Morgan fingerprint density at radius 3 is 3.07 bits per heavy atom. The van der Waals surface area contributed by atoms with Crippen LogP contribution in [0.1, 0.15) is 19.2 Å². The third-order valence-electron chi connectivity index (χ3n) is 2.03. The summed E-state index contributed by atoms with van der Waals surface area (Å²) in [5.41, 5.74) is 0.810. The van der Waals surface area contributed by atoms with Crippen LogP contribution >= 0.6 is 11.6 Å². The fourth-order valence-electron chi connectivity index (χ4n) is 1.32. The molecule has 0 bridgehead atoms. The SMILES string of the molecule is CCCc1nc(-c2ccncc2Cl)n[nH]1. The molecule has 0 spiro atoms. The van der Waals surface area contributed by atoms with Gasteiger partial charge in [-0.2, -0.15) is 5.10 Å². The monoisotopic (exact) mass is 222 g/mol. The lowest BCUT2D eigenvalue weighted by Gasteiger charge is -1.96. The first-order chi connectivity index (χ1) is 7.31. The molecule has 2 heterocycles. The van der Waals surface area contributed by atoms with Crippen LogP contribution in [0.2, 0.25) is 5.02 Å². The Labute approximate surface area is 92.7 Å². The number of aromatic amines is 1. The maximum absolute atomic E-state index is 5.99. The molecule has 0 saturated carbocycles. The van der Waals surface area contributed by atoms with E-state index in [4.69, 9.17) is 11.6 Å². The van der Waals surface area contributed by atoms with Gasteiger partial charge in [0.15, 0.2) is 5.82 Å². The summed E-state index contributed by atoms with van der Waals surface area (Å²) in [5.74, 6) is 1.52. The second-order valence-electron chi connectivity index (χ2n) is 3.21. The lowest BCUT2D eigenvalue weighted by molar-refractivity contribution is 0.841. The number of rotatable bonds is 3. The van der Waals surface area contributed by atoms with Crippen LogP contribution in [0, 0.1) is 0 Å². The van der Waals surface area contributed by atoms with Gasteiger partial charge in [0, 0.05) is 24.4 Å². The molecule has 0 aliphatic rings. The van der Waals surface area contributed by atoms with E-state index in [-0.39, 0.29) is 0 Å². The maximum atomic E-state index is 5.99. The van der Waals surface area contributed by atoms with Crippen LogP contribution in [-0.4, -0.2) is 20.2 Å². The zero-order chi connectivity index (χ0) is 10.7. The van der Waals surface area contributed by atoms with Crippen molar-refractivity contribution < 1.29 is 0 Å². The van der Waals surface area contributed by atoms with Gasteiger partial charge in [-0.1, -0.05) is 18.5 Å². The van der Waals surface area contributed by atoms with Crippen LogP contribution < -0.4 is 0 Å². The molecule has 2 aromatic heterocycles. The molecule has 0 amide bonds. The van der Waals surface area contributed by atoms with E-state index in [1.165, 1.54) is 0 Å². The van der Waals surface area contributed by atoms with Gasteiger partial charge in [0.05, 0.1) is 5.02 Å². The molecule has 15 heavy (non-hydrogen) atoms. The fourth-order valence-corrected chi connectivity index (χ4v) is 1.52. The first kappa shape index (κ1) is 10.1. The number of pyridine rings is 1. The molecular weight excluding hydrogens is 212 g/mol. The van der Waals surface area contributed by atoms with E-state index in [0.29, 0.717) is 10.8 Å². The summed E-state index contributed by atoms with van der Waals surface area (Å²) in [5, 5.41) is 7.58. The van der Waals surface area contributed by atoms with Crippen LogP contribution in [0.3, 0.4) is 0 Å². The van der Waals surface area contributed by atoms with Crippen molar-refractivity contribution in [3.8, 4) is 11.4 Å². The molecule has 4 nitrogen and oxygen atoms in total. The number of H-pyrrole nitrogens is 1. The average molecular weight is 223 g/mol. The standard InChI is InChI=1S/C10H11ClN4/c1-2-3-9-13-10(15-14-9)7-4-5-12-6-8(7)11/h4-6H,2-3H2,1H3,(H,13,14,15). The molecule has 0 saturated heterocycles. The molecule has 78 valence electrons. The van der Waals surface area contributed by atoms with Crippen molar-refractivity contribution in [2.45, 2.75) is 19.8 Å². The highest BCUT2D eigenvalue weighted by molar-refractivity contribution is 6.33. The molecule has 2 rings (SSSR count). The minimum atomic E-state index is 0.569. The van der Waals surface area contributed by atoms with Gasteiger partial charge in [0.1, 0.15) is 5.82 Å².